The lowest BCUT2D eigenvalue weighted by Gasteiger charge is -2.39. The van der Waals surface area contributed by atoms with Crippen molar-refractivity contribution in [3.8, 4) is 0 Å². The van der Waals surface area contributed by atoms with Gasteiger partial charge in [0.2, 0.25) is 0 Å². The fourth-order valence-electron chi connectivity index (χ4n) is 4.38. The topological polar surface area (TPSA) is 24.3 Å². The molecule has 2 aliphatic rings. The SMILES string of the molecule is Cn1nccc1CN1CCC2(CCN(Cc3ccccc3)CC2)C1. The van der Waals surface area contributed by atoms with Gasteiger partial charge >= 0.3 is 0 Å². The van der Waals surface area contributed by atoms with Crippen molar-refractivity contribution in [3.05, 3.63) is 53.9 Å². The Morgan fingerprint density at radius 2 is 1.62 bits per heavy atom. The summed E-state index contributed by atoms with van der Waals surface area (Å²) in [7, 11) is 2.04. The van der Waals surface area contributed by atoms with Gasteiger partial charge in [0.1, 0.15) is 0 Å². The highest BCUT2D eigenvalue weighted by Crippen LogP contribution is 2.41. The first-order valence-electron chi connectivity index (χ1n) is 9.18. The van der Waals surface area contributed by atoms with Crippen LogP contribution in [0.25, 0.3) is 0 Å². The van der Waals surface area contributed by atoms with E-state index < -0.39 is 0 Å². The van der Waals surface area contributed by atoms with Gasteiger partial charge in [-0.1, -0.05) is 30.3 Å². The molecular formula is C20H28N4. The van der Waals surface area contributed by atoms with Crippen molar-refractivity contribution in [2.24, 2.45) is 12.5 Å². The molecule has 0 aliphatic carbocycles. The van der Waals surface area contributed by atoms with Crippen LogP contribution in [-0.4, -0.2) is 45.8 Å². The molecule has 4 heteroatoms. The lowest BCUT2D eigenvalue weighted by Crippen LogP contribution is -2.41. The van der Waals surface area contributed by atoms with E-state index in [1.165, 1.54) is 56.7 Å². The molecule has 0 radical (unpaired) electrons. The molecule has 0 saturated carbocycles. The summed E-state index contributed by atoms with van der Waals surface area (Å²) in [6, 6.07) is 13.0. The molecule has 24 heavy (non-hydrogen) atoms. The van der Waals surface area contributed by atoms with E-state index in [-0.39, 0.29) is 0 Å². The highest BCUT2D eigenvalue weighted by Gasteiger charge is 2.40. The Labute approximate surface area is 145 Å². The average molecular weight is 324 g/mol. The zero-order chi connectivity index (χ0) is 16.4. The van der Waals surface area contributed by atoms with Crippen LogP contribution in [0.1, 0.15) is 30.5 Å². The monoisotopic (exact) mass is 324 g/mol. The summed E-state index contributed by atoms with van der Waals surface area (Å²) < 4.78 is 2.01. The van der Waals surface area contributed by atoms with Crippen LogP contribution in [-0.2, 0) is 20.1 Å². The summed E-state index contributed by atoms with van der Waals surface area (Å²) in [6.45, 7) is 7.14. The van der Waals surface area contributed by atoms with Crippen molar-refractivity contribution in [2.75, 3.05) is 26.2 Å². The minimum absolute atomic E-state index is 0.561. The van der Waals surface area contributed by atoms with Crippen LogP contribution in [0, 0.1) is 5.41 Å². The van der Waals surface area contributed by atoms with Crippen molar-refractivity contribution in [3.63, 3.8) is 0 Å². The van der Waals surface area contributed by atoms with Gasteiger partial charge in [0.25, 0.3) is 0 Å². The molecule has 2 aliphatic heterocycles. The number of aryl methyl sites for hydroxylation is 1. The van der Waals surface area contributed by atoms with E-state index in [2.05, 4.69) is 51.3 Å². The van der Waals surface area contributed by atoms with E-state index in [0.29, 0.717) is 5.41 Å². The fraction of sp³-hybridized carbons (Fsp3) is 0.550. The van der Waals surface area contributed by atoms with Gasteiger partial charge in [-0.05, 0) is 55.9 Å². The largest absolute Gasteiger partial charge is 0.299 e. The Morgan fingerprint density at radius 3 is 2.29 bits per heavy atom. The summed E-state index contributed by atoms with van der Waals surface area (Å²) in [6.07, 6.45) is 5.97. The van der Waals surface area contributed by atoms with Crippen LogP contribution in [0.3, 0.4) is 0 Å². The van der Waals surface area contributed by atoms with Crippen molar-refractivity contribution >= 4 is 0 Å². The Kier molecular flexibility index (Phi) is 4.42. The van der Waals surface area contributed by atoms with Crippen LogP contribution < -0.4 is 0 Å². The van der Waals surface area contributed by atoms with Crippen LogP contribution in [0.5, 0.6) is 0 Å². The second kappa shape index (κ2) is 6.69. The number of benzene rings is 1. The van der Waals surface area contributed by atoms with Gasteiger partial charge in [0, 0.05) is 32.9 Å². The van der Waals surface area contributed by atoms with Crippen LogP contribution in [0.2, 0.25) is 0 Å². The highest BCUT2D eigenvalue weighted by atomic mass is 15.3. The number of aromatic nitrogens is 2. The zero-order valence-corrected chi connectivity index (χ0v) is 14.7. The first-order valence-corrected chi connectivity index (χ1v) is 9.18. The van der Waals surface area contributed by atoms with Gasteiger partial charge in [0.05, 0.1) is 5.69 Å². The number of hydrogen-bond acceptors (Lipinski definition) is 3. The molecule has 0 amide bonds. The Bertz CT molecular complexity index is 655. The van der Waals surface area contributed by atoms with E-state index in [0.717, 1.165) is 13.1 Å². The molecule has 2 fully saturated rings. The molecule has 2 saturated heterocycles. The zero-order valence-electron chi connectivity index (χ0n) is 14.7. The summed E-state index contributed by atoms with van der Waals surface area (Å²) >= 11 is 0. The van der Waals surface area contributed by atoms with Crippen LogP contribution >= 0.6 is 0 Å². The first kappa shape index (κ1) is 15.9. The fourth-order valence-corrected chi connectivity index (χ4v) is 4.38. The quantitative estimate of drug-likeness (QED) is 0.864. The minimum Gasteiger partial charge on any atom is -0.299 e. The lowest BCUT2D eigenvalue weighted by atomic mass is 9.77. The second-order valence-corrected chi connectivity index (χ2v) is 7.67. The van der Waals surface area contributed by atoms with Crippen molar-refractivity contribution in [1.82, 2.24) is 19.6 Å². The highest BCUT2D eigenvalue weighted by molar-refractivity contribution is 5.14. The van der Waals surface area contributed by atoms with Crippen molar-refractivity contribution < 1.29 is 0 Å². The molecule has 4 nitrogen and oxygen atoms in total. The Hall–Kier alpha value is -1.65. The Morgan fingerprint density at radius 1 is 0.917 bits per heavy atom. The third-order valence-corrected chi connectivity index (χ3v) is 5.99. The van der Waals surface area contributed by atoms with Crippen LogP contribution in [0.15, 0.2) is 42.6 Å². The molecule has 0 N–H and O–H groups in total. The maximum absolute atomic E-state index is 4.30. The van der Waals surface area contributed by atoms with E-state index in [1.54, 1.807) is 0 Å². The van der Waals surface area contributed by atoms with Gasteiger partial charge < -0.3 is 0 Å². The standard InChI is InChI=1S/C20H28N4/c1-22-19(7-11-21-22)16-24-14-10-20(17-24)8-12-23(13-9-20)15-18-5-3-2-4-6-18/h2-7,11H,8-10,12-17H2,1H3. The number of likely N-dealkylation sites (tertiary alicyclic amines) is 2. The maximum Gasteiger partial charge on any atom is 0.0521 e. The second-order valence-electron chi connectivity index (χ2n) is 7.67. The predicted octanol–water partition coefficient (Wildman–Crippen LogP) is 2.91. The number of piperidine rings is 1. The van der Waals surface area contributed by atoms with E-state index in [1.807, 2.05) is 17.9 Å². The molecule has 4 rings (SSSR count). The molecule has 3 heterocycles. The third-order valence-electron chi connectivity index (χ3n) is 5.99. The summed E-state index contributed by atoms with van der Waals surface area (Å²) in [5, 5.41) is 4.30. The molecule has 1 spiro atoms. The first-order chi connectivity index (χ1) is 11.7. The smallest absolute Gasteiger partial charge is 0.0521 e. The molecule has 128 valence electrons. The van der Waals surface area contributed by atoms with Crippen molar-refractivity contribution in [1.29, 1.82) is 0 Å². The average Bonchev–Trinajstić information content (AvgIpc) is 3.19. The minimum atomic E-state index is 0.561. The van der Waals surface area contributed by atoms with Crippen molar-refractivity contribution in [2.45, 2.75) is 32.4 Å². The number of nitrogens with zero attached hydrogens (tertiary/aromatic N) is 4. The molecule has 1 aromatic heterocycles. The molecular weight excluding hydrogens is 296 g/mol. The summed E-state index contributed by atoms with van der Waals surface area (Å²) in [4.78, 5) is 5.26. The van der Waals surface area contributed by atoms with E-state index >= 15 is 0 Å². The van der Waals surface area contributed by atoms with Gasteiger partial charge in [-0.15, -0.1) is 0 Å². The molecule has 2 aromatic rings. The Balaban J connectivity index is 1.30. The van der Waals surface area contributed by atoms with Gasteiger partial charge in [-0.2, -0.15) is 5.10 Å². The normalized spacial score (nSPS) is 21.5. The summed E-state index contributed by atoms with van der Waals surface area (Å²) in [5.41, 5.74) is 3.33. The van der Waals surface area contributed by atoms with Gasteiger partial charge in [-0.3, -0.25) is 14.5 Å². The molecule has 0 unspecified atom stereocenters. The van der Waals surface area contributed by atoms with E-state index in [4.69, 9.17) is 0 Å². The third kappa shape index (κ3) is 3.40. The molecule has 1 aromatic carbocycles. The molecule has 0 bridgehead atoms. The lowest BCUT2D eigenvalue weighted by molar-refractivity contribution is 0.102. The summed E-state index contributed by atoms with van der Waals surface area (Å²) in [5.74, 6) is 0. The number of rotatable bonds is 4. The molecule has 0 atom stereocenters. The van der Waals surface area contributed by atoms with Crippen LogP contribution in [0.4, 0.5) is 0 Å². The predicted molar refractivity (Wildman–Crippen MR) is 96.5 cm³/mol. The number of hydrogen-bond donors (Lipinski definition) is 0. The van der Waals surface area contributed by atoms with Gasteiger partial charge in [0.15, 0.2) is 0 Å². The maximum atomic E-state index is 4.30. The van der Waals surface area contributed by atoms with E-state index in [9.17, 15) is 0 Å². The van der Waals surface area contributed by atoms with Gasteiger partial charge in [-0.25, -0.2) is 0 Å².